The first kappa shape index (κ1) is 24.7. The number of nitriles is 1. The summed E-state index contributed by atoms with van der Waals surface area (Å²) in [6, 6.07) is 16.9. The average molecular weight is 488 g/mol. The molecule has 0 radical (unpaired) electrons. The Balaban J connectivity index is 1.71. The van der Waals surface area contributed by atoms with Crippen molar-refractivity contribution in [2.45, 2.75) is 58.4 Å². The maximum atomic E-state index is 13.6. The first-order valence-corrected chi connectivity index (χ1v) is 14.5. The van der Waals surface area contributed by atoms with Crippen molar-refractivity contribution in [3.05, 3.63) is 71.9 Å². The number of aromatic nitrogens is 4. The molecule has 4 rings (SSSR count). The lowest BCUT2D eigenvalue weighted by atomic mass is 10.0. The van der Waals surface area contributed by atoms with Gasteiger partial charge in [-0.3, -0.25) is 4.40 Å². The standard InChI is InChI=1S/C27H30FN5OSi/c1-6-35(7-2,8-3)34-27(4,5)25-14-15-33-24(18-30-26(33)32-25)23-11-9-10-22(31-23)21-13-12-20(28)16-19(21)17-29/h9-16,18H,6-8H2,1-5H3. The van der Waals surface area contributed by atoms with E-state index in [-0.39, 0.29) is 5.56 Å². The normalized spacial score (nSPS) is 12.1. The van der Waals surface area contributed by atoms with Crippen LogP contribution in [-0.2, 0) is 10.0 Å². The Morgan fingerprint density at radius 3 is 2.43 bits per heavy atom. The molecule has 0 aliphatic heterocycles. The molecule has 0 atom stereocenters. The molecule has 35 heavy (non-hydrogen) atoms. The number of hydrogen-bond donors (Lipinski definition) is 0. The largest absolute Gasteiger partial charge is 0.406 e. The van der Waals surface area contributed by atoms with Gasteiger partial charge in [0, 0.05) is 11.8 Å². The lowest BCUT2D eigenvalue weighted by Crippen LogP contribution is -2.43. The number of nitrogens with zero attached hydrogens (tertiary/aromatic N) is 5. The Hall–Kier alpha value is -3.41. The van der Waals surface area contributed by atoms with Gasteiger partial charge >= 0.3 is 0 Å². The van der Waals surface area contributed by atoms with Gasteiger partial charge in [-0.05, 0) is 68.4 Å². The van der Waals surface area contributed by atoms with Gasteiger partial charge in [0.15, 0.2) is 8.32 Å². The molecule has 0 aliphatic rings. The molecule has 0 fully saturated rings. The lowest BCUT2D eigenvalue weighted by Gasteiger charge is -2.37. The molecule has 0 bridgehead atoms. The minimum absolute atomic E-state index is 0.243. The zero-order valence-corrected chi connectivity index (χ0v) is 21.8. The fourth-order valence-electron chi connectivity index (χ4n) is 4.52. The lowest BCUT2D eigenvalue weighted by molar-refractivity contribution is 0.0894. The van der Waals surface area contributed by atoms with Gasteiger partial charge in [-0.1, -0.05) is 26.8 Å². The minimum atomic E-state index is -1.82. The monoisotopic (exact) mass is 487 g/mol. The van der Waals surface area contributed by atoms with Gasteiger partial charge in [0.1, 0.15) is 5.82 Å². The van der Waals surface area contributed by atoms with Crippen molar-refractivity contribution in [2.24, 2.45) is 0 Å². The van der Waals surface area contributed by atoms with Crippen molar-refractivity contribution in [3.8, 4) is 28.7 Å². The van der Waals surface area contributed by atoms with Crippen LogP contribution in [0.25, 0.3) is 28.4 Å². The van der Waals surface area contributed by atoms with Crippen LogP contribution in [0.5, 0.6) is 0 Å². The third-order valence-corrected chi connectivity index (χ3v) is 11.6. The number of rotatable bonds is 8. The van der Waals surface area contributed by atoms with Crippen LogP contribution in [-0.4, -0.2) is 27.7 Å². The van der Waals surface area contributed by atoms with E-state index in [2.05, 4.69) is 45.7 Å². The van der Waals surface area contributed by atoms with Crippen LogP contribution in [0.3, 0.4) is 0 Å². The van der Waals surface area contributed by atoms with E-state index in [1.54, 1.807) is 12.3 Å². The van der Waals surface area contributed by atoms with Crippen LogP contribution >= 0.6 is 0 Å². The van der Waals surface area contributed by atoms with E-state index in [9.17, 15) is 9.65 Å². The Morgan fingerprint density at radius 2 is 1.74 bits per heavy atom. The molecule has 8 heteroatoms. The van der Waals surface area contributed by atoms with Crippen LogP contribution in [0.1, 0.15) is 45.9 Å². The van der Waals surface area contributed by atoms with E-state index in [0.29, 0.717) is 22.7 Å². The van der Waals surface area contributed by atoms with Gasteiger partial charge in [-0.25, -0.2) is 19.3 Å². The summed E-state index contributed by atoms with van der Waals surface area (Å²) < 4.78 is 22.3. The highest BCUT2D eigenvalue weighted by molar-refractivity contribution is 6.73. The van der Waals surface area contributed by atoms with Crippen molar-refractivity contribution >= 4 is 14.1 Å². The fraction of sp³-hybridized carbons (Fsp3) is 0.333. The Labute approximate surface area is 206 Å². The summed E-state index contributed by atoms with van der Waals surface area (Å²) in [7, 11) is -1.82. The number of hydrogen-bond acceptors (Lipinski definition) is 5. The highest BCUT2D eigenvalue weighted by atomic mass is 28.4. The van der Waals surface area contributed by atoms with Crippen LogP contribution in [0.2, 0.25) is 18.1 Å². The second-order valence-corrected chi connectivity index (χ2v) is 13.9. The smallest absolute Gasteiger partial charge is 0.234 e. The van der Waals surface area contributed by atoms with E-state index in [1.807, 2.05) is 34.9 Å². The molecular weight excluding hydrogens is 457 g/mol. The van der Waals surface area contributed by atoms with E-state index in [1.165, 1.54) is 12.1 Å². The first-order chi connectivity index (χ1) is 16.8. The van der Waals surface area contributed by atoms with Crippen LogP contribution in [0.15, 0.2) is 54.9 Å². The quantitative estimate of drug-likeness (QED) is 0.258. The Morgan fingerprint density at radius 1 is 1.03 bits per heavy atom. The summed E-state index contributed by atoms with van der Waals surface area (Å²) in [5.41, 5.74) is 3.21. The highest BCUT2D eigenvalue weighted by Crippen LogP contribution is 2.34. The molecule has 0 aliphatic carbocycles. The van der Waals surface area contributed by atoms with Gasteiger partial charge in [0.05, 0.1) is 46.2 Å². The average Bonchev–Trinajstić information content (AvgIpc) is 3.31. The summed E-state index contributed by atoms with van der Waals surface area (Å²) in [5, 5.41) is 9.43. The maximum Gasteiger partial charge on any atom is 0.234 e. The van der Waals surface area contributed by atoms with E-state index in [4.69, 9.17) is 14.4 Å². The topological polar surface area (TPSA) is 76.1 Å². The predicted molar refractivity (Wildman–Crippen MR) is 138 cm³/mol. The first-order valence-electron chi connectivity index (χ1n) is 12.0. The van der Waals surface area contributed by atoms with Gasteiger partial charge < -0.3 is 4.43 Å². The van der Waals surface area contributed by atoms with E-state index < -0.39 is 19.7 Å². The SMILES string of the molecule is CC[Si](CC)(CC)OC(C)(C)c1ccn2c(-c3cccc(-c4ccc(F)cc4C#N)n3)cnc2n1. The maximum absolute atomic E-state index is 13.6. The number of halogens is 1. The second-order valence-electron chi connectivity index (χ2n) is 9.19. The molecule has 0 spiro atoms. The third-order valence-electron chi connectivity index (χ3n) is 6.79. The van der Waals surface area contributed by atoms with Gasteiger partial charge in [0.2, 0.25) is 5.78 Å². The Kier molecular flexibility index (Phi) is 6.83. The molecule has 0 N–H and O–H groups in total. The van der Waals surface area contributed by atoms with Crippen molar-refractivity contribution in [3.63, 3.8) is 0 Å². The third kappa shape index (κ3) is 4.74. The number of fused-ring (bicyclic) bond motifs is 1. The van der Waals surface area contributed by atoms with E-state index in [0.717, 1.165) is 29.5 Å². The summed E-state index contributed by atoms with van der Waals surface area (Å²) in [4.78, 5) is 14.1. The second kappa shape index (κ2) is 9.68. The zero-order chi connectivity index (χ0) is 25.2. The van der Waals surface area contributed by atoms with Crippen LogP contribution in [0, 0.1) is 17.1 Å². The zero-order valence-electron chi connectivity index (χ0n) is 20.8. The number of benzene rings is 1. The molecule has 4 aromatic rings. The van der Waals surface area contributed by atoms with Crippen LogP contribution in [0.4, 0.5) is 4.39 Å². The molecule has 0 amide bonds. The van der Waals surface area contributed by atoms with Gasteiger partial charge in [-0.15, -0.1) is 0 Å². The number of imidazole rings is 1. The molecular formula is C27H30FN5OSi. The molecule has 1 aromatic carbocycles. The highest BCUT2D eigenvalue weighted by Gasteiger charge is 2.37. The molecule has 3 aromatic heterocycles. The van der Waals surface area contributed by atoms with E-state index >= 15 is 0 Å². The summed E-state index contributed by atoms with van der Waals surface area (Å²) >= 11 is 0. The van der Waals surface area contributed by atoms with Crippen molar-refractivity contribution in [1.29, 1.82) is 5.26 Å². The fourth-order valence-corrected chi connectivity index (χ4v) is 7.64. The molecule has 6 nitrogen and oxygen atoms in total. The molecule has 0 saturated heterocycles. The van der Waals surface area contributed by atoms with Crippen molar-refractivity contribution in [2.75, 3.05) is 0 Å². The molecule has 0 unspecified atom stereocenters. The molecule has 0 saturated carbocycles. The van der Waals surface area contributed by atoms with Gasteiger partial charge in [0.25, 0.3) is 0 Å². The van der Waals surface area contributed by atoms with Crippen LogP contribution < -0.4 is 0 Å². The summed E-state index contributed by atoms with van der Waals surface area (Å²) in [6.07, 6.45) is 3.69. The summed E-state index contributed by atoms with van der Waals surface area (Å²) in [5.74, 6) is 0.117. The van der Waals surface area contributed by atoms with Gasteiger partial charge in [-0.2, -0.15) is 5.26 Å². The molecule has 3 heterocycles. The summed E-state index contributed by atoms with van der Waals surface area (Å²) in [6.45, 7) is 10.8. The Bertz CT molecular complexity index is 1400. The minimum Gasteiger partial charge on any atom is -0.406 e. The van der Waals surface area contributed by atoms with Crippen molar-refractivity contribution in [1.82, 2.24) is 19.4 Å². The molecule has 180 valence electrons. The predicted octanol–water partition coefficient (Wildman–Crippen LogP) is 6.73. The number of pyridine rings is 1. The van der Waals surface area contributed by atoms with Crippen molar-refractivity contribution < 1.29 is 8.82 Å².